The summed E-state index contributed by atoms with van der Waals surface area (Å²) in [6.07, 6.45) is 1.56. The summed E-state index contributed by atoms with van der Waals surface area (Å²) in [5.74, 6) is 0.0112. The summed E-state index contributed by atoms with van der Waals surface area (Å²) in [4.78, 5) is 29.3. The van der Waals surface area contributed by atoms with E-state index in [4.69, 9.17) is 4.42 Å². The molecule has 0 spiro atoms. The summed E-state index contributed by atoms with van der Waals surface area (Å²) >= 11 is 0. The fourth-order valence-electron chi connectivity index (χ4n) is 4.30. The van der Waals surface area contributed by atoms with Crippen molar-refractivity contribution in [3.05, 3.63) is 114 Å². The average Bonchev–Trinajstić information content (AvgIpc) is 3.57. The Morgan fingerprint density at radius 3 is 2.51 bits per heavy atom. The van der Waals surface area contributed by atoms with Gasteiger partial charge in [-0.1, -0.05) is 59.3 Å². The molecule has 1 atom stereocenters. The lowest BCUT2D eigenvalue weighted by Gasteiger charge is -2.32. The first-order valence-electron chi connectivity index (χ1n) is 12.0. The van der Waals surface area contributed by atoms with Crippen LogP contribution in [0.2, 0.25) is 0 Å². The fraction of sp³-hybridized carbons (Fsp3) is 0.172. The number of nitrogens with zero attached hydrogens (tertiary/aromatic N) is 4. The molecular weight excluding hydrogens is 466 g/mol. The summed E-state index contributed by atoms with van der Waals surface area (Å²) in [5, 5.41) is 11.3. The average molecular weight is 494 g/mol. The van der Waals surface area contributed by atoms with Crippen molar-refractivity contribution in [3.8, 4) is 0 Å². The Morgan fingerprint density at radius 1 is 0.946 bits per heavy atom. The van der Waals surface area contributed by atoms with Crippen molar-refractivity contribution in [2.24, 2.45) is 0 Å². The minimum Gasteiger partial charge on any atom is -0.467 e. The Balaban J connectivity index is 1.56. The number of aromatic nitrogens is 3. The van der Waals surface area contributed by atoms with E-state index < -0.39 is 6.04 Å². The third-order valence-corrected chi connectivity index (χ3v) is 6.17. The van der Waals surface area contributed by atoms with Gasteiger partial charge in [-0.25, -0.2) is 4.68 Å². The molecule has 2 amide bonds. The second-order valence-electron chi connectivity index (χ2n) is 8.95. The van der Waals surface area contributed by atoms with Crippen LogP contribution in [0.25, 0.3) is 11.0 Å². The van der Waals surface area contributed by atoms with E-state index in [1.165, 1.54) is 0 Å². The van der Waals surface area contributed by atoms with Crippen LogP contribution in [0.15, 0.2) is 95.6 Å². The van der Waals surface area contributed by atoms with Gasteiger partial charge in [0.25, 0.3) is 0 Å². The fourth-order valence-corrected chi connectivity index (χ4v) is 4.30. The second-order valence-corrected chi connectivity index (χ2v) is 8.95. The number of amides is 2. The van der Waals surface area contributed by atoms with Crippen LogP contribution in [0.5, 0.6) is 0 Å². The quantitative estimate of drug-likeness (QED) is 0.337. The molecule has 1 N–H and O–H groups in total. The Kier molecular flexibility index (Phi) is 6.81. The monoisotopic (exact) mass is 493 g/mol. The van der Waals surface area contributed by atoms with Crippen LogP contribution in [0.3, 0.4) is 0 Å². The predicted molar refractivity (Wildman–Crippen MR) is 141 cm³/mol. The maximum atomic E-state index is 14.0. The first-order valence-corrected chi connectivity index (χ1v) is 12.0. The highest BCUT2D eigenvalue weighted by Crippen LogP contribution is 2.30. The maximum Gasteiger partial charge on any atom is 0.249 e. The molecule has 0 saturated carbocycles. The van der Waals surface area contributed by atoms with Crippen LogP contribution >= 0.6 is 0 Å². The number of furan rings is 1. The minimum absolute atomic E-state index is 0.0811. The number of benzene rings is 3. The highest BCUT2D eigenvalue weighted by atomic mass is 16.3. The molecule has 5 aromatic rings. The smallest absolute Gasteiger partial charge is 0.249 e. The van der Waals surface area contributed by atoms with E-state index in [9.17, 15) is 9.59 Å². The summed E-state index contributed by atoms with van der Waals surface area (Å²) in [5.41, 5.74) is 4.79. The third kappa shape index (κ3) is 5.28. The van der Waals surface area contributed by atoms with Gasteiger partial charge in [0.05, 0.1) is 18.3 Å². The zero-order chi connectivity index (χ0) is 25.8. The Bertz CT molecular complexity index is 1520. The van der Waals surface area contributed by atoms with Crippen molar-refractivity contribution in [2.75, 3.05) is 4.90 Å². The molecule has 0 unspecified atom stereocenters. The van der Waals surface area contributed by atoms with Gasteiger partial charge in [0.2, 0.25) is 11.8 Å². The molecule has 186 valence electrons. The topological polar surface area (TPSA) is 93.3 Å². The van der Waals surface area contributed by atoms with Crippen molar-refractivity contribution in [1.29, 1.82) is 0 Å². The lowest BCUT2D eigenvalue weighted by atomic mass is 10.0. The Morgan fingerprint density at radius 2 is 1.76 bits per heavy atom. The molecule has 0 aliphatic heterocycles. The number of para-hydroxylation sites is 1. The van der Waals surface area contributed by atoms with E-state index in [0.717, 1.165) is 16.6 Å². The lowest BCUT2D eigenvalue weighted by molar-refractivity contribution is -0.127. The number of nitrogens with one attached hydrogen (secondary N) is 1. The van der Waals surface area contributed by atoms with Crippen LogP contribution in [0, 0.1) is 13.8 Å². The molecule has 0 radical (unpaired) electrons. The van der Waals surface area contributed by atoms with Crippen LogP contribution in [-0.2, 0) is 22.7 Å². The molecule has 0 aliphatic rings. The van der Waals surface area contributed by atoms with Crippen molar-refractivity contribution in [3.63, 3.8) is 0 Å². The highest BCUT2D eigenvalue weighted by Gasteiger charge is 2.33. The number of fused-ring (bicyclic) bond motifs is 1. The first kappa shape index (κ1) is 24.0. The van der Waals surface area contributed by atoms with Gasteiger partial charge in [0.15, 0.2) is 0 Å². The van der Waals surface area contributed by atoms with Gasteiger partial charge in [-0.3, -0.25) is 14.5 Å². The Labute approximate surface area is 214 Å². The molecule has 0 aliphatic carbocycles. The van der Waals surface area contributed by atoms with Crippen molar-refractivity contribution < 1.29 is 14.0 Å². The van der Waals surface area contributed by atoms with Gasteiger partial charge in [-0.05, 0) is 61.4 Å². The maximum absolute atomic E-state index is 14.0. The minimum atomic E-state index is -0.917. The van der Waals surface area contributed by atoms with Gasteiger partial charge >= 0.3 is 0 Å². The van der Waals surface area contributed by atoms with E-state index in [0.29, 0.717) is 22.5 Å². The summed E-state index contributed by atoms with van der Waals surface area (Å²) < 4.78 is 6.95. The zero-order valence-electron chi connectivity index (χ0n) is 20.7. The molecule has 0 saturated heterocycles. The molecule has 5 rings (SSSR count). The molecule has 8 nitrogen and oxygen atoms in total. The molecule has 0 bridgehead atoms. The van der Waals surface area contributed by atoms with Crippen molar-refractivity contribution in [2.45, 2.75) is 33.0 Å². The number of carbonyl (C=O) groups is 2. The largest absolute Gasteiger partial charge is 0.467 e. The molecule has 37 heavy (non-hydrogen) atoms. The SMILES string of the molecule is Cc1ccc([C@@H](C(=O)NCc2ccco2)N(C(=O)Cn2nnc3ccccc32)c2cccc(C)c2)cc1. The summed E-state index contributed by atoms with van der Waals surface area (Å²) in [6.45, 7) is 4.06. The van der Waals surface area contributed by atoms with Gasteiger partial charge in [-0.2, -0.15) is 0 Å². The molecule has 2 heterocycles. The standard InChI is InChI=1S/C29H27N5O3/c1-20-12-14-22(15-13-20)28(29(36)30-18-24-9-6-16-37-24)34(23-8-5-7-21(2)17-23)27(35)19-33-26-11-4-3-10-25(26)31-32-33/h3-17,28H,18-19H2,1-2H3,(H,30,36)/t28-/m0/s1. The molecule has 3 aromatic carbocycles. The normalized spacial score (nSPS) is 11.8. The van der Waals surface area contributed by atoms with Crippen LogP contribution in [0.4, 0.5) is 5.69 Å². The third-order valence-electron chi connectivity index (χ3n) is 6.17. The van der Waals surface area contributed by atoms with E-state index in [1.54, 1.807) is 28.0 Å². The van der Waals surface area contributed by atoms with E-state index in [1.807, 2.05) is 86.6 Å². The van der Waals surface area contributed by atoms with E-state index in [2.05, 4.69) is 15.6 Å². The van der Waals surface area contributed by atoms with Crippen LogP contribution in [-0.4, -0.2) is 26.8 Å². The summed E-state index contributed by atoms with van der Waals surface area (Å²) in [7, 11) is 0. The second kappa shape index (κ2) is 10.5. The van der Waals surface area contributed by atoms with Crippen LogP contribution in [0.1, 0.15) is 28.5 Å². The molecule has 8 heteroatoms. The van der Waals surface area contributed by atoms with Gasteiger partial charge < -0.3 is 9.73 Å². The number of anilines is 1. The number of hydrogen-bond acceptors (Lipinski definition) is 5. The molecule has 0 fully saturated rings. The number of rotatable bonds is 8. The van der Waals surface area contributed by atoms with E-state index in [-0.39, 0.29) is 24.9 Å². The van der Waals surface area contributed by atoms with Crippen LogP contribution < -0.4 is 10.2 Å². The number of aryl methyl sites for hydroxylation is 2. The van der Waals surface area contributed by atoms with Crippen molar-refractivity contribution >= 4 is 28.5 Å². The van der Waals surface area contributed by atoms with E-state index >= 15 is 0 Å². The number of carbonyl (C=O) groups excluding carboxylic acids is 2. The lowest BCUT2D eigenvalue weighted by Crippen LogP contribution is -2.45. The predicted octanol–water partition coefficient (Wildman–Crippen LogP) is 4.73. The van der Waals surface area contributed by atoms with Crippen molar-refractivity contribution in [1.82, 2.24) is 20.3 Å². The highest BCUT2D eigenvalue weighted by molar-refractivity contribution is 6.01. The molecular formula is C29H27N5O3. The van der Waals surface area contributed by atoms with Gasteiger partial charge in [0, 0.05) is 5.69 Å². The first-order chi connectivity index (χ1) is 18.0. The molecule has 2 aromatic heterocycles. The summed E-state index contributed by atoms with van der Waals surface area (Å²) in [6, 6.07) is 25.3. The zero-order valence-corrected chi connectivity index (χ0v) is 20.7. The van der Waals surface area contributed by atoms with Gasteiger partial charge in [-0.15, -0.1) is 5.10 Å². The number of hydrogen-bond donors (Lipinski definition) is 1. The Hall–Kier alpha value is -4.72. The van der Waals surface area contributed by atoms with Gasteiger partial charge in [0.1, 0.15) is 23.9 Å².